The second kappa shape index (κ2) is 9.03. The van der Waals surface area contributed by atoms with Crippen LogP contribution in [-0.4, -0.2) is 46.6 Å². The van der Waals surface area contributed by atoms with E-state index in [4.69, 9.17) is 9.47 Å². The van der Waals surface area contributed by atoms with E-state index in [1.807, 2.05) is 0 Å². The highest BCUT2D eigenvalue weighted by Crippen LogP contribution is 2.20. The zero-order valence-corrected chi connectivity index (χ0v) is 13.3. The van der Waals surface area contributed by atoms with Gasteiger partial charge in [0, 0.05) is 52.2 Å². The lowest BCUT2D eigenvalue weighted by atomic mass is 10.2. The van der Waals surface area contributed by atoms with Crippen LogP contribution in [0.5, 0.6) is 0 Å². The Morgan fingerprint density at radius 3 is 2.38 bits per heavy atom. The standard InChI is InChI=1S/C17H28N2O2/c1-20-12-3-10-19(11-13-21-2)17-8-4-15(5-9-17)14-18-16-6-7-16/h4-5,8-9,16,18H,3,6-7,10-14H2,1-2H3. The van der Waals surface area contributed by atoms with E-state index in [9.17, 15) is 0 Å². The molecule has 118 valence electrons. The molecule has 2 rings (SSSR count). The molecule has 1 aliphatic rings. The smallest absolute Gasteiger partial charge is 0.0637 e. The van der Waals surface area contributed by atoms with Crippen LogP contribution >= 0.6 is 0 Å². The van der Waals surface area contributed by atoms with Crippen LogP contribution < -0.4 is 10.2 Å². The fraction of sp³-hybridized carbons (Fsp3) is 0.647. The SMILES string of the molecule is COCCCN(CCOC)c1ccc(CNC2CC2)cc1. The maximum Gasteiger partial charge on any atom is 0.0637 e. The Kier molecular flexibility index (Phi) is 7.00. The highest BCUT2D eigenvalue weighted by atomic mass is 16.5. The molecule has 0 bridgehead atoms. The van der Waals surface area contributed by atoms with Crippen molar-refractivity contribution in [3.05, 3.63) is 29.8 Å². The summed E-state index contributed by atoms with van der Waals surface area (Å²) in [5.41, 5.74) is 2.62. The average Bonchev–Trinajstić information content (AvgIpc) is 3.34. The summed E-state index contributed by atoms with van der Waals surface area (Å²) in [5, 5.41) is 3.55. The summed E-state index contributed by atoms with van der Waals surface area (Å²) in [6, 6.07) is 9.64. The molecule has 0 aromatic heterocycles. The van der Waals surface area contributed by atoms with Crippen LogP contribution in [0.3, 0.4) is 0 Å². The van der Waals surface area contributed by atoms with E-state index in [2.05, 4.69) is 34.5 Å². The second-order valence-corrected chi connectivity index (χ2v) is 5.65. The summed E-state index contributed by atoms with van der Waals surface area (Å²) in [7, 11) is 3.50. The molecule has 1 aromatic carbocycles. The molecule has 1 N–H and O–H groups in total. The third kappa shape index (κ3) is 6.04. The van der Waals surface area contributed by atoms with Gasteiger partial charge >= 0.3 is 0 Å². The largest absolute Gasteiger partial charge is 0.385 e. The summed E-state index contributed by atoms with van der Waals surface area (Å²) < 4.78 is 10.4. The molecule has 0 radical (unpaired) electrons. The second-order valence-electron chi connectivity index (χ2n) is 5.65. The van der Waals surface area contributed by atoms with E-state index in [1.165, 1.54) is 24.1 Å². The molecule has 4 nitrogen and oxygen atoms in total. The zero-order chi connectivity index (χ0) is 14.9. The highest BCUT2D eigenvalue weighted by molar-refractivity contribution is 5.47. The molecule has 1 aliphatic carbocycles. The summed E-state index contributed by atoms with van der Waals surface area (Å²) in [4.78, 5) is 2.36. The summed E-state index contributed by atoms with van der Waals surface area (Å²) >= 11 is 0. The Bertz CT molecular complexity index is 390. The number of nitrogens with one attached hydrogen (secondary N) is 1. The van der Waals surface area contributed by atoms with Crippen LogP contribution in [0.4, 0.5) is 5.69 Å². The first-order valence-electron chi connectivity index (χ1n) is 7.88. The van der Waals surface area contributed by atoms with Gasteiger partial charge in [-0.1, -0.05) is 12.1 Å². The molecule has 0 atom stereocenters. The predicted molar refractivity (Wildman–Crippen MR) is 86.9 cm³/mol. The number of rotatable bonds is 11. The zero-order valence-electron chi connectivity index (χ0n) is 13.3. The Hall–Kier alpha value is -1.10. The number of hydrogen-bond acceptors (Lipinski definition) is 4. The molecule has 0 heterocycles. The van der Waals surface area contributed by atoms with Gasteiger partial charge in [-0.15, -0.1) is 0 Å². The topological polar surface area (TPSA) is 33.7 Å². The van der Waals surface area contributed by atoms with Crippen molar-refractivity contribution in [2.24, 2.45) is 0 Å². The van der Waals surface area contributed by atoms with Crippen molar-refractivity contribution in [1.29, 1.82) is 0 Å². The van der Waals surface area contributed by atoms with E-state index in [0.29, 0.717) is 0 Å². The predicted octanol–water partition coefficient (Wildman–Crippen LogP) is 2.43. The van der Waals surface area contributed by atoms with Gasteiger partial charge in [-0.2, -0.15) is 0 Å². The first kappa shape index (κ1) is 16.3. The van der Waals surface area contributed by atoms with E-state index in [-0.39, 0.29) is 0 Å². The quantitative estimate of drug-likeness (QED) is 0.635. The lowest BCUT2D eigenvalue weighted by molar-refractivity contribution is 0.191. The van der Waals surface area contributed by atoms with Crippen LogP contribution in [0, 0.1) is 0 Å². The van der Waals surface area contributed by atoms with Crippen molar-refractivity contribution in [3.8, 4) is 0 Å². The third-order valence-electron chi connectivity index (χ3n) is 3.82. The van der Waals surface area contributed by atoms with Gasteiger partial charge in [0.15, 0.2) is 0 Å². The molecule has 0 unspecified atom stereocenters. The minimum Gasteiger partial charge on any atom is -0.385 e. The van der Waals surface area contributed by atoms with Crippen LogP contribution in [0.1, 0.15) is 24.8 Å². The number of ether oxygens (including phenoxy) is 2. The molecular weight excluding hydrogens is 264 g/mol. The molecule has 1 aromatic rings. The van der Waals surface area contributed by atoms with Crippen LogP contribution in [0.25, 0.3) is 0 Å². The lowest BCUT2D eigenvalue weighted by Crippen LogP contribution is -2.29. The molecule has 0 saturated heterocycles. The Balaban J connectivity index is 1.86. The Morgan fingerprint density at radius 1 is 1.05 bits per heavy atom. The van der Waals surface area contributed by atoms with Gasteiger partial charge in [0.1, 0.15) is 0 Å². The molecule has 1 fully saturated rings. The van der Waals surface area contributed by atoms with Crippen LogP contribution in [0.15, 0.2) is 24.3 Å². The number of hydrogen-bond donors (Lipinski definition) is 1. The first-order valence-corrected chi connectivity index (χ1v) is 7.88. The van der Waals surface area contributed by atoms with Gasteiger partial charge in [-0.05, 0) is 37.0 Å². The maximum atomic E-state index is 5.21. The minimum absolute atomic E-state index is 0.748. The van der Waals surface area contributed by atoms with Gasteiger partial charge in [0.2, 0.25) is 0 Å². The average molecular weight is 292 g/mol. The molecule has 1 saturated carbocycles. The van der Waals surface area contributed by atoms with Crippen molar-refractivity contribution in [3.63, 3.8) is 0 Å². The monoisotopic (exact) mass is 292 g/mol. The van der Waals surface area contributed by atoms with Gasteiger partial charge in [0.25, 0.3) is 0 Å². The summed E-state index contributed by atoms with van der Waals surface area (Å²) in [6.45, 7) is 4.44. The number of nitrogens with zero attached hydrogens (tertiary/aromatic N) is 1. The minimum atomic E-state index is 0.748. The van der Waals surface area contributed by atoms with Gasteiger partial charge < -0.3 is 19.7 Å². The Morgan fingerprint density at radius 2 is 1.76 bits per heavy atom. The van der Waals surface area contributed by atoms with Gasteiger partial charge in [-0.25, -0.2) is 0 Å². The van der Waals surface area contributed by atoms with Crippen LogP contribution in [0.2, 0.25) is 0 Å². The first-order chi connectivity index (χ1) is 10.3. The number of benzene rings is 1. The van der Waals surface area contributed by atoms with Crippen molar-refractivity contribution < 1.29 is 9.47 Å². The van der Waals surface area contributed by atoms with Gasteiger partial charge in [-0.3, -0.25) is 0 Å². The van der Waals surface area contributed by atoms with E-state index in [1.54, 1.807) is 14.2 Å². The molecule has 0 amide bonds. The fourth-order valence-corrected chi connectivity index (χ4v) is 2.35. The molecule has 21 heavy (non-hydrogen) atoms. The molecule has 0 spiro atoms. The van der Waals surface area contributed by atoms with Crippen LogP contribution in [-0.2, 0) is 16.0 Å². The molecular formula is C17H28N2O2. The van der Waals surface area contributed by atoms with E-state index >= 15 is 0 Å². The summed E-state index contributed by atoms with van der Waals surface area (Å²) in [5.74, 6) is 0. The summed E-state index contributed by atoms with van der Waals surface area (Å²) in [6.07, 6.45) is 3.70. The van der Waals surface area contributed by atoms with E-state index in [0.717, 1.165) is 45.3 Å². The third-order valence-corrected chi connectivity index (χ3v) is 3.82. The van der Waals surface area contributed by atoms with Crippen molar-refractivity contribution in [2.45, 2.75) is 31.8 Å². The highest BCUT2D eigenvalue weighted by Gasteiger charge is 2.19. The number of anilines is 1. The van der Waals surface area contributed by atoms with Crippen molar-refractivity contribution in [1.82, 2.24) is 5.32 Å². The fourth-order valence-electron chi connectivity index (χ4n) is 2.35. The maximum absolute atomic E-state index is 5.21. The van der Waals surface area contributed by atoms with Crippen molar-refractivity contribution >= 4 is 5.69 Å². The Labute approximate surface area is 128 Å². The normalized spacial score (nSPS) is 14.4. The molecule has 0 aliphatic heterocycles. The number of methoxy groups -OCH3 is 2. The molecule has 4 heteroatoms. The van der Waals surface area contributed by atoms with E-state index < -0.39 is 0 Å². The lowest BCUT2D eigenvalue weighted by Gasteiger charge is -2.24. The van der Waals surface area contributed by atoms with Crippen molar-refractivity contribution in [2.75, 3.05) is 45.4 Å². The van der Waals surface area contributed by atoms with Gasteiger partial charge in [0.05, 0.1) is 6.61 Å².